The molecule has 2 aliphatic rings. The van der Waals surface area contributed by atoms with Gasteiger partial charge in [0.2, 0.25) is 0 Å². The van der Waals surface area contributed by atoms with Gasteiger partial charge in [-0.25, -0.2) is 4.99 Å². The Morgan fingerprint density at radius 1 is 1.16 bits per heavy atom. The van der Waals surface area contributed by atoms with Crippen molar-refractivity contribution in [1.29, 1.82) is 0 Å². The average Bonchev–Trinajstić information content (AvgIpc) is 3.47. The first-order valence-electron chi connectivity index (χ1n) is 9.40. The van der Waals surface area contributed by atoms with Crippen LogP contribution in [0, 0.1) is 17.8 Å². The number of aliphatic imine (C=N–C) groups is 1. The number of hydrogen-bond donors (Lipinski definition) is 3. The fourth-order valence-corrected chi connectivity index (χ4v) is 3.44. The van der Waals surface area contributed by atoms with Gasteiger partial charge in [-0.2, -0.15) is 0 Å². The molecule has 4 nitrogen and oxygen atoms in total. The lowest BCUT2D eigenvalue weighted by molar-refractivity contribution is 0.0672. The Morgan fingerprint density at radius 3 is 2.28 bits per heavy atom. The van der Waals surface area contributed by atoms with Gasteiger partial charge in [0.15, 0.2) is 5.96 Å². The van der Waals surface area contributed by atoms with E-state index in [4.69, 9.17) is 0 Å². The second kappa shape index (κ2) is 9.21. The topological polar surface area (TPSA) is 56.7 Å². The molecular weight excluding hydrogens is 425 g/mol. The van der Waals surface area contributed by atoms with Gasteiger partial charge in [-0.3, -0.25) is 0 Å². The molecule has 0 heterocycles. The highest BCUT2D eigenvalue weighted by atomic mass is 127. The molecule has 2 aliphatic carbocycles. The van der Waals surface area contributed by atoms with Gasteiger partial charge < -0.3 is 15.7 Å². The molecule has 1 aromatic carbocycles. The van der Waals surface area contributed by atoms with E-state index in [2.05, 4.69) is 22.5 Å². The third-order valence-electron chi connectivity index (χ3n) is 5.25. The number of nitrogens with one attached hydrogen (secondary N) is 2. The molecule has 0 bridgehead atoms. The van der Waals surface area contributed by atoms with Crippen molar-refractivity contribution in [3.63, 3.8) is 0 Å². The standard InChI is InChI=1S/C20H31N3O.HI/c1-3-21-19(22-13-18(15-9-10-15)16-11-12-16)23-14-20(2,24)17-7-5-4-6-8-17;/h4-8,15-16,18,24H,3,9-14H2,1-2H3,(H2,21,22,23);1H. The highest BCUT2D eigenvalue weighted by Gasteiger charge is 2.41. The molecule has 140 valence electrons. The van der Waals surface area contributed by atoms with Gasteiger partial charge in [-0.05, 0) is 62.8 Å². The van der Waals surface area contributed by atoms with Crippen LogP contribution in [0.1, 0.15) is 45.1 Å². The molecule has 1 unspecified atom stereocenters. The van der Waals surface area contributed by atoms with E-state index in [1.54, 1.807) is 0 Å². The van der Waals surface area contributed by atoms with E-state index in [1.807, 2.05) is 37.3 Å². The predicted molar refractivity (Wildman–Crippen MR) is 114 cm³/mol. The monoisotopic (exact) mass is 457 g/mol. The van der Waals surface area contributed by atoms with Crippen LogP contribution in [0.4, 0.5) is 0 Å². The Kier molecular flexibility index (Phi) is 7.55. The van der Waals surface area contributed by atoms with Crippen LogP contribution in [0.15, 0.2) is 35.3 Å². The molecule has 1 aromatic rings. The van der Waals surface area contributed by atoms with Crippen molar-refractivity contribution in [2.24, 2.45) is 22.7 Å². The van der Waals surface area contributed by atoms with Crippen molar-refractivity contribution < 1.29 is 5.11 Å². The Hall–Kier alpha value is -0.820. The molecule has 1 atom stereocenters. The number of benzene rings is 1. The first-order valence-corrected chi connectivity index (χ1v) is 9.40. The van der Waals surface area contributed by atoms with Gasteiger partial charge in [0.25, 0.3) is 0 Å². The minimum absolute atomic E-state index is 0. The third kappa shape index (κ3) is 6.13. The fourth-order valence-electron chi connectivity index (χ4n) is 3.44. The van der Waals surface area contributed by atoms with Crippen molar-refractivity contribution in [2.75, 3.05) is 19.6 Å². The van der Waals surface area contributed by atoms with Crippen molar-refractivity contribution in [1.82, 2.24) is 10.6 Å². The largest absolute Gasteiger partial charge is 0.384 e. The molecule has 0 saturated heterocycles. The summed E-state index contributed by atoms with van der Waals surface area (Å²) in [6, 6.07) is 9.77. The summed E-state index contributed by atoms with van der Waals surface area (Å²) in [5, 5.41) is 17.5. The molecule has 3 rings (SSSR count). The fraction of sp³-hybridized carbons (Fsp3) is 0.650. The molecule has 5 heteroatoms. The lowest BCUT2D eigenvalue weighted by Gasteiger charge is -2.23. The van der Waals surface area contributed by atoms with Crippen molar-refractivity contribution in [3.8, 4) is 0 Å². The second-order valence-electron chi connectivity index (χ2n) is 7.55. The number of aliphatic hydroxyl groups is 1. The predicted octanol–water partition coefficient (Wildman–Crippen LogP) is 3.50. The number of hydrogen-bond acceptors (Lipinski definition) is 2. The molecule has 0 aromatic heterocycles. The third-order valence-corrected chi connectivity index (χ3v) is 5.25. The van der Waals surface area contributed by atoms with Crippen LogP contribution < -0.4 is 10.6 Å². The lowest BCUT2D eigenvalue weighted by Crippen LogP contribution is -2.41. The van der Waals surface area contributed by atoms with Crippen LogP contribution >= 0.6 is 24.0 Å². The highest BCUT2D eigenvalue weighted by molar-refractivity contribution is 14.0. The van der Waals surface area contributed by atoms with Crippen LogP contribution in [-0.2, 0) is 5.60 Å². The summed E-state index contributed by atoms with van der Waals surface area (Å²) in [7, 11) is 0. The quantitative estimate of drug-likeness (QED) is 0.318. The van der Waals surface area contributed by atoms with Crippen LogP contribution in [0.2, 0.25) is 0 Å². The molecule has 3 N–H and O–H groups in total. The van der Waals surface area contributed by atoms with Crippen molar-refractivity contribution in [3.05, 3.63) is 35.9 Å². The Morgan fingerprint density at radius 2 is 1.76 bits per heavy atom. The summed E-state index contributed by atoms with van der Waals surface area (Å²) in [4.78, 5) is 4.64. The summed E-state index contributed by atoms with van der Waals surface area (Å²) in [6.45, 7) is 6.09. The van der Waals surface area contributed by atoms with Gasteiger partial charge in [0.1, 0.15) is 5.60 Å². The van der Waals surface area contributed by atoms with E-state index in [0.29, 0.717) is 6.54 Å². The summed E-state index contributed by atoms with van der Waals surface area (Å²) < 4.78 is 0. The Bertz CT molecular complexity index is 541. The molecular formula is C20H32IN3O. The van der Waals surface area contributed by atoms with Gasteiger partial charge in [-0.15, -0.1) is 24.0 Å². The van der Waals surface area contributed by atoms with E-state index >= 15 is 0 Å². The van der Waals surface area contributed by atoms with Gasteiger partial charge >= 0.3 is 0 Å². The smallest absolute Gasteiger partial charge is 0.191 e. The van der Waals surface area contributed by atoms with Crippen LogP contribution in [0.25, 0.3) is 0 Å². The van der Waals surface area contributed by atoms with E-state index in [0.717, 1.165) is 42.4 Å². The summed E-state index contributed by atoms with van der Waals surface area (Å²) >= 11 is 0. The summed E-state index contributed by atoms with van der Waals surface area (Å²) in [5.41, 5.74) is -0.0471. The highest BCUT2D eigenvalue weighted by Crippen LogP contribution is 2.48. The van der Waals surface area contributed by atoms with Gasteiger partial charge in [-0.1, -0.05) is 30.3 Å². The normalized spacial score (nSPS) is 19.9. The molecule has 25 heavy (non-hydrogen) atoms. The molecule has 0 aliphatic heterocycles. The van der Waals surface area contributed by atoms with Crippen molar-refractivity contribution >= 4 is 29.9 Å². The van der Waals surface area contributed by atoms with Crippen LogP contribution in [-0.4, -0.2) is 30.7 Å². The van der Waals surface area contributed by atoms with Gasteiger partial charge in [0, 0.05) is 13.1 Å². The molecule has 2 fully saturated rings. The molecule has 2 saturated carbocycles. The lowest BCUT2D eigenvalue weighted by atomic mass is 9.96. The summed E-state index contributed by atoms with van der Waals surface area (Å²) in [5.74, 6) is 3.49. The minimum Gasteiger partial charge on any atom is -0.384 e. The van der Waals surface area contributed by atoms with Crippen LogP contribution in [0.3, 0.4) is 0 Å². The van der Waals surface area contributed by atoms with Gasteiger partial charge in [0.05, 0.1) is 6.54 Å². The Balaban J connectivity index is 0.00000225. The number of guanidine groups is 1. The molecule has 0 spiro atoms. The average molecular weight is 457 g/mol. The van der Waals surface area contributed by atoms with E-state index in [-0.39, 0.29) is 24.0 Å². The maximum Gasteiger partial charge on any atom is 0.191 e. The SMILES string of the molecule is CCNC(=NCC(C)(O)c1ccccc1)NCC(C1CC1)C1CC1.I. The summed E-state index contributed by atoms with van der Waals surface area (Å²) in [6.07, 6.45) is 5.61. The number of rotatable bonds is 8. The van der Waals surface area contributed by atoms with E-state index < -0.39 is 5.60 Å². The maximum atomic E-state index is 10.7. The number of nitrogens with zero attached hydrogens (tertiary/aromatic N) is 1. The molecule has 0 amide bonds. The number of halogens is 1. The second-order valence-corrected chi connectivity index (χ2v) is 7.55. The van der Waals surface area contributed by atoms with Crippen molar-refractivity contribution in [2.45, 2.75) is 45.1 Å². The Labute approximate surface area is 168 Å². The zero-order valence-corrected chi connectivity index (χ0v) is 17.7. The van der Waals surface area contributed by atoms with E-state index in [9.17, 15) is 5.11 Å². The zero-order valence-electron chi connectivity index (χ0n) is 15.4. The zero-order chi connectivity index (χ0) is 17.0. The minimum atomic E-state index is -0.948. The maximum absolute atomic E-state index is 10.7. The first kappa shape index (κ1) is 20.5. The van der Waals surface area contributed by atoms with Crippen LogP contribution in [0.5, 0.6) is 0 Å². The first-order chi connectivity index (χ1) is 11.6. The molecule has 0 radical (unpaired) electrons. The van der Waals surface area contributed by atoms with E-state index in [1.165, 1.54) is 25.7 Å².